The molecule has 0 heterocycles. The maximum Gasteiger partial charge on any atom is 0.573 e. The van der Waals surface area contributed by atoms with Crippen molar-refractivity contribution in [3.63, 3.8) is 0 Å². The largest absolute Gasteiger partial charge is 0.573 e. The molecule has 2 aromatic carbocycles. The predicted octanol–water partition coefficient (Wildman–Crippen LogP) is 4.78. The Morgan fingerprint density at radius 3 is 2.35 bits per heavy atom. The van der Waals surface area contributed by atoms with Crippen molar-refractivity contribution < 1.29 is 17.9 Å². The van der Waals surface area contributed by atoms with Gasteiger partial charge < -0.3 is 4.74 Å². The minimum Gasteiger partial charge on any atom is -0.406 e. The lowest BCUT2D eigenvalue weighted by Crippen LogP contribution is -2.17. The summed E-state index contributed by atoms with van der Waals surface area (Å²) in [4.78, 5) is 0. The topological polar surface area (TPSA) is 33.0 Å². The number of hydrogen-bond donors (Lipinski definition) is 0. The van der Waals surface area contributed by atoms with Gasteiger partial charge in [-0.05, 0) is 35.4 Å². The van der Waals surface area contributed by atoms with Crippen LogP contribution in [-0.2, 0) is 0 Å². The summed E-state index contributed by atoms with van der Waals surface area (Å²) in [5.41, 5.74) is 1.41. The van der Waals surface area contributed by atoms with Crippen LogP contribution in [0.1, 0.15) is 5.56 Å². The second kappa shape index (κ2) is 5.43. The maximum atomic E-state index is 12.2. The molecule has 0 radical (unpaired) electrons. The molecule has 0 amide bonds. The highest BCUT2D eigenvalue weighted by Crippen LogP contribution is 2.30. The summed E-state index contributed by atoms with van der Waals surface area (Å²) in [7, 11) is 0. The van der Waals surface area contributed by atoms with E-state index in [1.165, 1.54) is 30.3 Å². The molecule has 20 heavy (non-hydrogen) atoms. The van der Waals surface area contributed by atoms with Crippen molar-refractivity contribution in [2.75, 3.05) is 0 Å². The molecule has 0 saturated carbocycles. The maximum absolute atomic E-state index is 12.2. The Morgan fingerprint density at radius 2 is 1.75 bits per heavy atom. The van der Waals surface area contributed by atoms with Gasteiger partial charge in [-0.25, -0.2) is 0 Å². The van der Waals surface area contributed by atoms with Crippen molar-refractivity contribution in [1.29, 1.82) is 5.26 Å². The molecule has 102 valence electrons. The summed E-state index contributed by atoms with van der Waals surface area (Å²) >= 11 is 5.89. The first-order valence-electron chi connectivity index (χ1n) is 5.45. The molecular weight excluding hydrogens is 291 g/mol. The van der Waals surface area contributed by atoms with E-state index in [1.807, 2.05) is 6.07 Å². The molecular formula is C14H7ClF3NO. The van der Waals surface area contributed by atoms with Crippen molar-refractivity contribution in [2.24, 2.45) is 0 Å². The van der Waals surface area contributed by atoms with Crippen LogP contribution in [0.4, 0.5) is 13.2 Å². The van der Waals surface area contributed by atoms with Crippen molar-refractivity contribution in [3.8, 4) is 22.9 Å². The highest BCUT2D eigenvalue weighted by atomic mass is 35.5. The van der Waals surface area contributed by atoms with Gasteiger partial charge in [-0.2, -0.15) is 5.26 Å². The Hall–Kier alpha value is -2.19. The molecule has 0 spiro atoms. The van der Waals surface area contributed by atoms with E-state index in [2.05, 4.69) is 4.74 Å². The van der Waals surface area contributed by atoms with Gasteiger partial charge in [0.25, 0.3) is 0 Å². The Kier molecular flexibility index (Phi) is 3.86. The number of halogens is 4. The number of hydrogen-bond acceptors (Lipinski definition) is 2. The van der Waals surface area contributed by atoms with E-state index in [0.717, 1.165) is 0 Å². The minimum absolute atomic E-state index is 0.243. The first kappa shape index (κ1) is 14.2. The van der Waals surface area contributed by atoms with E-state index >= 15 is 0 Å². The fourth-order valence-corrected chi connectivity index (χ4v) is 1.88. The first-order valence-corrected chi connectivity index (χ1v) is 5.83. The lowest BCUT2D eigenvalue weighted by atomic mass is 10.0. The molecule has 0 aromatic heterocycles. The lowest BCUT2D eigenvalue weighted by molar-refractivity contribution is -0.274. The van der Waals surface area contributed by atoms with Gasteiger partial charge in [-0.1, -0.05) is 29.8 Å². The SMILES string of the molecule is N#Cc1ccc(-c2cccc(OC(F)(F)F)c2)cc1Cl. The van der Waals surface area contributed by atoms with Crippen LogP contribution in [-0.4, -0.2) is 6.36 Å². The van der Waals surface area contributed by atoms with Crippen LogP contribution in [0.15, 0.2) is 42.5 Å². The molecule has 2 aromatic rings. The van der Waals surface area contributed by atoms with Crippen molar-refractivity contribution >= 4 is 11.6 Å². The average molecular weight is 298 g/mol. The van der Waals surface area contributed by atoms with Crippen LogP contribution in [0, 0.1) is 11.3 Å². The molecule has 0 unspecified atom stereocenters. The number of ether oxygens (including phenoxy) is 1. The number of rotatable bonds is 2. The first-order chi connectivity index (χ1) is 9.39. The highest BCUT2D eigenvalue weighted by Gasteiger charge is 2.31. The van der Waals surface area contributed by atoms with Crippen molar-refractivity contribution in [3.05, 3.63) is 53.1 Å². The third-order valence-electron chi connectivity index (χ3n) is 2.49. The number of nitriles is 1. The predicted molar refractivity (Wildman–Crippen MR) is 68.3 cm³/mol. The second-order valence-electron chi connectivity index (χ2n) is 3.88. The van der Waals surface area contributed by atoms with E-state index in [9.17, 15) is 13.2 Å². The standard InChI is InChI=1S/C14H7ClF3NO/c15-13-7-10(4-5-11(13)8-19)9-2-1-3-12(6-9)20-14(16,17)18/h1-7H. The number of alkyl halides is 3. The third kappa shape index (κ3) is 3.43. The molecule has 2 nitrogen and oxygen atoms in total. The third-order valence-corrected chi connectivity index (χ3v) is 2.80. The summed E-state index contributed by atoms with van der Waals surface area (Å²) in [6, 6.07) is 12.1. The van der Waals surface area contributed by atoms with Gasteiger partial charge in [0.2, 0.25) is 0 Å². The monoisotopic (exact) mass is 297 g/mol. The van der Waals surface area contributed by atoms with Gasteiger partial charge in [-0.3, -0.25) is 0 Å². The molecule has 6 heteroatoms. The second-order valence-corrected chi connectivity index (χ2v) is 4.29. The van der Waals surface area contributed by atoms with E-state index in [4.69, 9.17) is 16.9 Å². The van der Waals surface area contributed by atoms with Crippen molar-refractivity contribution in [1.82, 2.24) is 0 Å². The van der Waals surface area contributed by atoms with Crippen LogP contribution < -0.4 is 4.74 Å². The van der Waals surface area contributed by atoms with Crippen LogP contribution in [0.3, 0.4) is 0 Å². The lowest BCUT2D eigenvalue weighted by Gasteiger charge is -2.10. The molecule has 0 N–H and O–H groups in total. The van der Waals surface area contributed by atoms with Crippen LogP contribution in [0.25, 0.3) is 11.1 Å². The van der Waals surface area contributed by atoms with Crippen LogP contribution >= 0.6 is 11.6 Å². The molecule has 0 saturated heterocycles. The molecule has 2 rings (SSSR count). The number of benzene rings is 2. The van der Waals surface area contributed by atoms with Gasteiger partial charge in [-0.15, -0.1) is 13.2 Å². The summed E-state index contributed by atoms with van der Waals surface area (Å²) < 4.78 is 40.3. The Labute approximate surface area is 118 Å². The summed E-state index contributed by atoms with van der Waals surface area (Å²) in [6.07, 6.45) is -4.74. The average Bonchev–Trinajstić information content (AvgIpc) is 2.37. The Morgan fingerprint density at radius 1 is 1.05 bits per heavy atom. The highest BCUT2D eigenvalue weighted by molar-refractivity contribution is 6.32. The summed E-state index contributed by atoms with van der Waals surface area (Å²) in [5, 5.41) is 9.01. The van der Waals surface area contributed by atoms with Crippen LogP contribution in [0.2, 0.25) is 5.02 Å². The summed E-state index contributed by atoms with van der Waals surface area (Å²) in [5.74, 6) is -0.310. The van der Waals surface area contributed by atoms with E-state index in [-0.39, 0.29) is 10.8 Å². The fourth-order valence-electron chi connectivity index (χ4n) is 1.66. The fraction of sp³-hybridized carbons (Fsp3) is 0.0714. The van der Waals surface area contributed by atoms with Gasteiger partial charge in [0.1, 0.15) is 11.8 Å². The van der Waals surface area contributed by atoms with Gasteiger partial charge in [0.05, 0.1) is 10.6 Å². The van der Waals surface area contributed by atoms with Crippen molar-refractivity contribution in [2.45, 2.75) is 6.36 Å². The smallest absolute Gasteiger partial charge is 0.406 e. The Bertz CT molecular complexity index is 677. The summed E-state index contributed by atoms with van der Waals surface area (Å²) in [6.45, 7) is 0. The molecule has 0 atom stereocenters. The zero-order valence-electron chi connectivity index (χ0n) is 9.91. The quantitative estimate of drug-likeness (QED) is 0.799. The van der Waals surface area contributed by atoms with Gasteiger partial charge in [0.15, 0.2) is 0 Å². The molecule has 0 fully saturated rings. The molecule has 0 bridgehead atoms. The van der Waals surface area contributed by atoms with Gasteiger partial charge in [0, 0.05) is 0 Å². The van der Waals surface area contributed by atoms with E-state index in [0.29, 0.717) is 16.7 Å². The molecule has 0 aliphatic heterocycles. The van der Waals surface area contributed by atoms with E-state index in [1.54, 1.807) is 12.1 Å². The normalized spacial score (nSPS) is 10.9. The van der Waals surface area contributed by atoms with Gasteiger partial charge >= 0.3 is 6.36 Å². The molecule has 0 aliphatic carbocycles. The zero-order valence-corrected chi connectivity index (χ0v) is 10.7. The Balaban J connectivity index is 2.36. The number of nitrogens with zero attached hydrogens (tertiary/aromatic N) is 1. The minimum atomic E-state index is -4.74. The van der Waals surface area contributed by atoms with Crippen LogP contribution in [0.5, 0.6) is 5.75 Å². The van der Waals surface area contributed by atoms with E-state index < -0.39 is 6.36 Å². The zero-order chi connectivity index (χ0) is 14.8. The molecule has 0 aliphatic rings.